The van der Waals surface area contributed by atoms with E-state index in [-0.39, 0.29) is 31.7 Å². The van der Waals surface area contributed by atoms with Crippen LogP contribution in [-0.2, 0) is 4.79 Å². The van der Waals surface area contributed by atoms with Crippen LogP contribution >= 0.6 is 81.2 Å². The van der Waals surface area contributed by atoms with Crippen LogP contribution in [0.1, 0.15) is 0 Å². The number of ether oxygens (including phenoxy) is 1. The van der Waals surface area contributed by atoms with Crippen molar-refractivity contribution >= 4 is 87.2 Å². The first-order valence-corrected chi connectivity index (χ1v) is 7.00. The smallest absolute Gasteiger partial charge is 0.349 e. The molecule has 0 amide bonds. The van der Waals surface area contributed by atoms with Crippen molar-refractivity contribution in [3.63, 3.8) is 0 Å². The maximum atomic E-state index is 11.6. The highest BCUT2D eigenvalue weighted by Gasteiger charge is 2.36. The fourth-order valence-electron chi connectivity index (χ4n) is 0.865. The average molecular weight is 391 g/mol. The van der Waals surface area contributed by atoms with Gasteiger partial charge < -0.3 is 4.74 Å². The second-order valence-electron chi connectivity index (χ2n) is 3.02. The van der Waals surface area contributed by atoms with Gasteiger partial charge in [-0.1, -0.05) is 69.6 Å². The van der Waals surface area contributed by atoms with E-state index in [9.17, 15) is 4.79 Å². The summed E-state index contributed by atoms with van der Waals surface area (Å²) in [5.41, 5.74) is 0. The molecule has 0 saturated carbocycles. The Morgan fingerprint density at radius 2 is 1.67 bits per heavy atom. The molecule has 0 atom stereocenters. The summed E-state index contributed by atoms with van der Waals surface area (Å²) in [4.78, 5) is 11.6. The van der Waals surface area contributed by atoms with Gasteiger partial charge in [-0.15, -0.1) is 11.6 Å². The molecule has 2 nitrogen and oxygen atoms in total. The topological polar surface area (TPSA) is 26.3 Å². The van der Waals surface area contributed by atoms with E-state index < -0.39 is 10.3 Å². The number of benzene rings is 1. The van der Waals surface area contributed by atoms with Gasteiger partial charge in [-0.05, 0) is 6.07 Å². The van der Waals surface area contributed by atoms with E-state index in [1.807, 2.05) is 0 Å². The molecule has 0 spiro atoms. The van der Waals surface area contributed by atoms with E-state index >= 15 is 0 Å². The molecule has 1 aromatic rings. The zero-order valence-corrected chi connectivity index (χ0v) is 13.5. The van der Waals surface area contributed by atoms with Gasteiger partial charge in [0, 0.05) is 0 Å². The van der Waals surface area contributed by atoms with Crippen LogP contribution < -0.4 is 4.74 Å². The summed E-state index contributed by atoms with van der Waals surface area (Å²) in [6.07, 6.45) is 0. The molecular weight excluding hydrogens is 388 g/mol. The van der Waals surface area contributed by atoms with Crippen molar-refractivity contribution in [1.82, 2.24) is 0 Å². The molecule has 0 aliphatic rings. The van der Waals surface area contributed by atoms with Crippen molar-refractivity contribution in [3.05, 3.63) is 26.2 Å². The zero-order valence-electron chi connectivity index (χ0n) is 8.25. The van der Waals surface area contributed by atoms with Crippen LogP contribution in [0.25, 0.3) is 0 Å². The van der Waals surface area contributed by atoms with E-state index in [1.165, 1.54) is 6.07 Å². The largest absolute Gasteiger partial charge is 0.421 e. The molecular formula is C9H3Cl7O2. The minimum atomic E-state index is -1.92. The van der Waals surface area contributed by atoms with Gasteiger partial charge in [0.2, 0.25) is 4.33 Å². The van der Waals surface area contributed by atoms with Gasteiger partial charge in [-0.25, -0.2) is 4.79 Å². The number of hydrogen-bond donors (Lipinski definition) is 0. The first-order valence-electron chi connectivity index (χ1n) is 4.19. The normalized spacial score (nSPS) is 11.5. The first kappa shape index (κ1) is 16.8. The molecule has 9 heteroatoms. The fourth-order valence-corrected chi connectivity index (χ4v) is 2.03. The van der Waals surface area contributed by atoms with Crippen molar-refractivity contribution in [3.8, 4) is 5.75 Å². The van der Waals surface area contributed by atoms with E-state index in [1.54, 1.807) is 0 Å². The summed E-state index contributed by atoms with van der Waals surface area (Å²) in [5.74, 6) is -1.58. The van der Waals surface area contributed by atoms with Crippen LogP contribution in [-0.4, -0.2) is 16.2 Å². The third kappa shape index (κ3) is 3.63. The highest BCUT2D eigenvalue weighted by molar-refractivity contribution is 6.60. The maximum absolute atomic E-state index is 11.6. The van der Waals surface area contributed by atoms with Gasteiger partial charge in [-0.3, -0.25) is 0 Å². The monoisotopic (exact) mass is 388 g/mol. The number of carbonyl (C=O) groups is 1. The lowest BCUT2D eigenvalue weighted by atomic mass is 10.3. The third-order valence-corrected chi connectivity index (χ3v) is 4.51. The molecule has 0 saturated heterocycles. The molecule has 0 aliphatic carbocycles. The predicted molar refractivity (Wildman–Crippen MR) is 77.3 cm³/mol. The number of carbonyl (C=O) groups excluding carboxylic acids is 1. The second kappa shape index (κ2) is 6.45. The highest BCUT2D eigenvalue weighted by Crippen LogP contribution is 2.43. The number of rotatable bonds is 3. The summed E-state index contributed by atoms with van der Waals surface area (Å²) in [7, 11) is 0. The minimum absolute atomic E-state index is 0.00819. The van der Waals surface area contributed by atoms with Crippen molar-refractivity contribution in [2.24, 2.45) is 0 Å². The first-order chi connectivity index (χ1) is 8.20. The number of alkyl halides is 3. The van der Waals surface area contributed by atoms with Crippen LogP contribution in [0.4, 0.5) is 0 Å². The Kier molecular flexibility index (Phi) is 6.01. The summed E-state index contributed by atoms with van der Waals surface area (Å²) >= 11 is 39.8. The molecule has 100 valence electrons. The van der Waals surface area contributed by atoms with Gasteiger partial charge in [0.1, 0.15) is 5.02 Å². The molecule has 1 rings (SSSR count). The Hall–Kier alpha value is 0.720. The van der Waals surface area contributed by atoms with Crippen LogP contribution in [0.5, 0.6) is 5.75 Å². The summed E-state index contributed by atoms with van der Waals surface area (Å²) in [5, 5.41) is -0.0272. The Morgan fingerprint density at radius 1 is 1.11 bits per heavy atom. The summed E-state index contributed by atoms with van der Waals surface area (Å²) < 4.78 is 2.96. The van der Waals surface area contributed by atoms with E-state index in [0.29, 0.717) is 0 Å². The molecule has 0 aliphatic heterocycles. The number of halogens is 7. The Balaban J connectivity index is 3.14. The number of hydrogen-bond acceptors (Lipinski definition) is 2. The molecule has 0 heterocycles. The van der Waals surface area contributed by atoms with Crippen molar-refractivity contribution < 1.29 is 9.53 Å². The van der Waals surface area contributed by atoms with Crippen molar-refractivity contribution in [2.75, 3.05) is 5.88 Å². The van der Waals surface area contributed by atoms with Crippen molar-refractivity contribution in [2.45, 2.75) is 4.33 Å². The van der Waals surface area contributed by atoms with E-state index in [2.05, 4.69) is 0 Å². The van der Waals surface area contributed by atoms with Gasteiger partial charge in [0.05, 0.1) is 20.9 Å². The molecule has 0 bridgehead atoms. The average Bonchev–Trinajstić information content (AvgIpc) is 2.31. The lowest BCUT2D eigenvalue weighted by molar-refractivity contribution is -0.134. The van der Waals surface area contributed by atoms with E-state index in [4.69, 9.17) is 85.9 Å². The summed E-state index contributed by atoms with van der Waals surface area (Å²) in [6.45, 7) is 0. The Labute approximate surface area is 138 Å². The lowest BCUT2D eigenvalue weighted by Crippen LogP contribution is -2.32. The molecule has 0 radical (unpaired) electrons. The molecule has 18 heavy (non-hydrogen) atoms. The fraction of sp³-hybridized carbons (Fsp3) is 0.222. The molecule has 0 aromatic heterocycles. The second-order valence-corrected chi connectivity index (χ2v) is 6.35. The minimum Gasteiger partial charge on any atom is -0.421 e. The maximum Gasteiger partial charge on any atom is 0.349 e. The highest BCUT2D eigenvalue weighted by atomic mass is 35.5. The van der Waals surface area contributed by atoms with Gasteiger partial charge in [0.15, 0.2) is 5.75 Å². The van der Waals surface area contributed by atoms with Crippen LogP contribution in [0, 0.1) is 0 Å². The van der Waals surface area contributed by atoms with Crippen LogP contribution in [0.15, 0.2) is 6.07 Å². The van der Waals surface area contributed by atoms with Gasteiger partial charge >= 0.3 is 5.97 Å². The molecule has 1 aromatic carbocycles. The molecule has 0 fully saturated rings. The Bertz CT molecular complexity index is 486. The molecule has 0 unspecified atom stereocenters. The number of esters is 1. The van der Waals surface area contributed by atoms with Gasteiger partial charge in [0.25, 0.3) is 0 Å². The summed E-state index contributed by atoms with van der Waals surface area (Å²) in [6, 6.07) is 1.27. The SMILES string of the molecule is O=C(Oc1c(Cl)cc(Cl)c(Cl)c1Cl)C(Cl)(Cl)CCl. The predicted octanol–water partition coefficient (Wildman–Crippen LogP) is 5.62. The van der Waals surface area contributed by atoms with Crippen molar-refractivity contribution in [1.29, 1.82) is 0 Å². The van der Waals surface area contributed by atoms with E-state index in [0.717, 1.165) is 0 Å². The zero-order chi connectivity index (χ0) is 14.1. The molecule has 0 N–H and O–H groups in total. The Morgan fingerprint density at radius 3 is 2.17 bits per heavy atom. The van der Waals surface area contributed by atoms with Crippen LogP contribution in [0.3, 0.4) is 0 Å². The van der Waals surface area contributed by atoms with Gasteiger partial charge in [-0.2, -0.15) is 0 Å². The lowest BCUT2D eigenvalue weighted by Gasteiger charge is -2.16. The standard InChI is InChI=1S/C9H3Cl7O2/c10-2-9(15,16)8(17)18-7-4(12)1-3(11)5(13)6(7)14/h1H,2H2. The third-order valence-electron chi connectivity index (χ3n) is 1.73. The van der Waals surface area contributed by atoms with Crippen LogP contribution in [0.2, 0.25) is 20.1 Å². The quantitative estimate of drug-likeness (QED) is 0.220.